The molecule has 0 radical (unpaired) electrons. The van der Waals surface area contributed by atoms with Crippen molar-refractivity contribution in [3.05, 3.63) is 76.3 Å². The van der Waals surface area contributed by atoms with E-state index in [0.717, 1.165) is 17.7 Å². The third-order valence-corrected chi connectivity index (χ3v) is 5.98. The monoisotopic (exact) mass is 377 g/mol. The van der Waals surface area contributed by atoms with Crippen LogP contribution >= 0.6 is 11.8 Å². The summed E-state index contributed by atoms with van der Waals surface area (Å²) in [5.74, 6) is -0.199. The second-order valence-electron chi connectivity index (χ2n) is 6.13. The molecule has 0 saturated heterocycles. The van der Waals surface area contributed by atoms with Crippen molar-refractivity contribution in [2.75, 3.05) is 7.05 Å². The van der Waals surface area contributed by atoms with Gasteiger partial charge in [0, 0.05) is 13.0 Å². The van der Waals surface area contributed by atoms with E-state index in [2.05, 4.69) is 5.32 Å². The first-order valence-electron chi connectivity index (χ1n) is 8.18. The molecule has 2 unspecified atom stereocenters. The van der Waals surface area contributed by atoms with Gasteiger partial charge >= 0.3 is 6.18 Å². The summed E-state index contributed by atoms with van der Waals surface area (Å²) < 4.78 is 39.1. The number of alkyl halides is 3. The average Bonchev–Trinajstić information content (AvgIpc) is 2.97. The third-order valence-electron chi connectivity index (χ3n) is 4.46. The van der Waals surface area contributed by atoms with Gasteiger partial charge in [0.25, 0.3) is 0 Å². The van der Waals surface area contributed by atoms with Gasteiger partial charge in [0.15, 0.2) is 5.78 Å². The molecule has 26 heavy (non-hydrogen) atoms. The van der Waals surface area contributed by atoms with E-state index in [0.29, 0.717) is 16.2 Å². The Hall–Kier alpha value is -2.21. The Morgan fingerprint density at radius 3 is 2.38 bits per heavy atom. The maximum absolute atomic E-state index is 13.1. The Labute approximate surface area is 154 Å². The van der Waals surface area contributed by atoms with Crippen LogP contribution in [0, 0.1) is 0 Å². The van der Waals surface area contributed by atoms with Crippen molar-refractivity contribution in [3.8, 4) is 0 Å². The molecule has 1 heterocycles. The molecule has 1 aliphatic heterocycles. The summed E-state index contributed by atoms with van der Waals surface area (Å²) in [4.78, 5) is 13.1. The minimum atomic E-state index is -4.44. The minimum absolute atomic E-state index is 0.0552. The van der Waals surface area contributed by atoms with Crippen LogP contribution in [-0.4, -0.2) is 18.1 Å². The predicted octanol–water partition coefficient (Wildman–Crippen LogP) is 5.08. The van der Waals surface area contributed by atoms with E-state index in [1.54, 1.807) is 13.1 Å². The first-order chi connectivity index (χ1) is 12.3. The molecule has 0 fully saturated rings. The topological polar surface area (TPSA) is 29.1 Å². The normalized spacial score (nSPS) is 19.0. The van der Waals surface area contributed by atoms with Gasteiger partial charge in [0.05, 0.1) is 21.4 Å². The van der Waals surface area contributed by atoms with Crippen LogP contribution < -0.4 is 5.32 Å². The number of hydrogen-bond donors (Lipinski definition) is 1. The minimum Gasteiger partial charge on any atom is -0.382 e. The number of Topliss-reactive ketones (excluding diaryl/α,β-unsaturated/α-hetero) is 1. The van der Waals surface area contributed by atoms with Gasteiger partial charge in [-0.3, -0.25) is 4.79 Å². The number of halogens is 3. The standard InChI is InChI=1S/C20H18F3NOS/c1-12(13-7-4-3-5-8-13)18-17(25)16(19(24-2)26-18)14-9-6-10-15(11-14)20(21,22)23/h3-12,18,24H,1-2H3. The van der Waals surface area contributed by atoms with Crippen molar-refractivity contribution in [1.29, 1.82) is 0 Å². The maximum Gasteiger partial charge on any atom is 0.416 e. The van der Waals surface area contributed by atoms with Gasteiger partial charge < -0.3 is 5.32 Å². The zero-order valence-corrected chi connectivity index (χ0v) is 15.1. The van der Waals surface area contributed by atoms with Crippen LogP contribution in [0.2, 0.25) is 0 Å². The van der Waals surface area contributed by atoms with Crippen molar-refractivity contribution in [1.82, 2.24) is 5.32 Å². The van der Waals surface area contributed by atoms with E-state index in [1.807, 2.05) is 37.3 Å². The van der Waals surface area contributed by atoms with Crippen LogP contribution in [0.1, 0.15) is 29.5 Å². The number of nitrogens with one attached hydrogen (secondary N) is 1. The molecule has 3 rings (SSSR count). The fourth-order valence-electron chi connectivity index (χ4n) is 3.06. The maximum atomic E-state index is 13.1. The molecule has 2 aromatic rings. The Morgan fingerprint density at radius 2 is 1.77 bits per heavy atom. The molecule has 2 aromatic carbocycles. The van der Waals surface area contributed by atoms with Crippen LogP contribution in [0.3, 0.4) is 0 Å². The van der Waals surface area contributed by atoms with E-state index in [-0.39, 0.29) is 17.0 Å². The second-order valence-corrected chi connectivity index (χ2v) is 7.29. The lowest BCUT2D eigenvalue weighted by Gasteiger charge is -2.18. The van der Waals surface area contributed by atoms with E-state index >= 15 is 0 Å². The quantitative estimate of drug-likeness (QED) is 0.805. The molecule has 1 aliphatic rings. The average molecular weight is 377 g/mol. The summed E-state index contributed by atoms with van der Waals surface area (Å²) >= 11 is 1.38. The van der Waals surface area contributed by atoms with Gasteiger partial charge in [0.1, 0.15) is 0 Å². The predicted molar refractivity (Wildman–Crippen MR) is 98.7 cm³/mol. The van der Waals surface area contributed by atoms with Crippen LogP contribution in [-0.2, 0) is 11.0 Å². The summed E-state index contributed by atoms with van der Waals surface area (Å²) in [6, 6.07) is 14.6. The van der Waals surface area contributed by atoms with Crippen LogP contribution in [0.15, 0.2) is 59.6 Å². The molecule has 2 atom stereocenters. The van der Waals surface area contributed by atoms with Gasteiger partial charge in [0.2, 0.25) is 0 Å². The Kier molecular flexibility index (Phi) is 5.14. The highest BCUT2D eigenvalue weighted by Gasteiger charge is 2.39. The molecule has 0 aliphatic carbocycles. The molecule has 2 nitrogen and oxygen atoms in total. The molecule has 0 spiro atoms. The van der Waals surface area contributed by atoms with E-state index in [4.69, 9.17) is 0 Å². The SMILES string of the molecule is CNC1=C(c2cccc(C(F)(F)F)c2)C(=O)C(C(C)c2ccccc2)S1. The summed E-state index contributed by atoms with van der Waals surface area (Å²) in [6.45, 7) is 1.97. The number of thioether (sulfide) groups is 1. The fraction of sp³-hybridized carbons (Fsp3) is 0.250. The van der Waals surface area contributed by atoms with Crippen molar-refractivity contribution in [2.24, 2.45) is 0 Å². The highest BCUT2D eigenvalue weighted by Crippen LogP contribution is 2.45. The summed E-state index contributed by atoms with van der Waals surface area (Å²) in [5, 5.41) is 3.22. The van der Waals surface area contributed by atoms with E-state index < -0.39 is 11.7 Å². The molecule has 6 heteroatoms. The smallest absolute Gasteiger partial charge is 0.382 e. The molecular weight excluding hydrogens is 359 g/mol. The van der Waals surface area contributed by atoms with E-state index in [9.17, 15) is 18.0 Å². The van der Waals surface area contributed by atoms with Gasteiger partial charge in [-0.2, -0.15) is 13.2 Å². The third kappa shape index (κ3) is 3.51. The number of hydrogen-bond acceptors (Lipinski definition) is 3. The van der Waals surface area contributed by atoms with Crippen LogP contribution in [0.4, 0.5) is 13.2 Å². The molecule has 0 bridgehead atoms. The lowest BCUT2D eigenvalue weighted by Crippen LogP contribution is -2.20. The highest BCUT2D eigenvalue weighted by atomic mass is 32.2. The molecular formula is C20H18F3NOS. The summed E-state index contributed by atoms with van der Waals surface area (Å²) in [5.41, 5.74) is 0.898. The molecule has 0 amide bonds. The second kappa shape index (κ2) is 7.19. The number of carbonyl (C=O) groups excluding carboxylic acids is 1. The van der Waals surface area contributed by atoms with Crippen molar-refractivity contribution in [2.45, 2.75) is 24.3 Å². The molecule has 136 valence electrons. The molecule has 1 N–H and O–H groups in total. The first-order valence-corrected chi connectivity index (χ1v) is 9.06. The summed E-state index contributed by atoms with van der Waals surface area (Å²) in [7, 11) is 1.68. The van der Waals surface area contributed by atoms with Crippen molar-refractivity contribution < 1.29 is 18.0 Å². The van der Waals surface area contributed by atoms with Crippen LogP contribution in [0.25, 0.3) is 5.57 Å². The lowest BCUT2D eigenvalue weighted by molar-refractivity contribution is -0.137. The fourth-order valence-corrected chi connectivity index (χ4v) is 4.36. The Bertz CT molecular complexity index is 846. The Morgan fingerprint density at radius 1 is 1.08 bits per heavy atom. The largest absolute Gasteiger partial charge is 0.416 e. The summed E-state index contributed by atoms with van der Waals surface area (Å²) in [6.07, 6.45) is -4.44. The molecule has 0 saturated carbocycles. The zero-order valence-electron chi connectivity index (χ0n) is 14.3. The number of carbonyl (C=O) groups is 1. The zero-order chi connectivity index (χ0) is 18.9. The number of benzene rings is 2. The van der Waals surface area contributed by atoms with Crippen LogP contribution in [0.5, 0.6) is 0 Å². The lowest BCUT2D eigenvalue weighted by atomic mass is 9.90. The number of rotatable bonds is 4. The van der Waals surface area contributed by atoms with Gasteiger partial charge in [-0.05, 0) is 23.3 Å². The van der Waals surface area contributed by atoms with E-state index in [1.165, 1.54) is 17.8 Å². The van der Waals surface area contributed by atoms with Gasteiger partial charge in [-0.25, -0.2) is 0 Å². The van der Waals surface area contributed by atoms with Crippen molar-refractivity contribution >= 4 is 23.1 Å². The van der Waals surface area contributed by atoms with Gasteiger partial charge in [-0.1, -0.05) is 61.2 Å². The molecule has 0 aromatic heterocycles. The van der Waals surface area contributed by atoms with Crippen molar-refractivity contribution in [3.63, 3.8) is 0 Å². The highest BCUT2D eigenvalue weighted by molar-refractivity contribution is 8.05. The first kappa shape index (κ1) is 18.6. The Balaban J connectivity index is 1.96. The van der Waals surface area contributed by atoms with Gasteiger partial charge in [-0.15, -0.1) is 0 Å². The number of ketones is 1. The number of allylic oxidation sites excluding steroid dienone is 1.